The second-order valence-corrected chi connectivity index (χ2v) is 5.92. The van der Waals surface area contributed by atoms with Crippen LogP contribution in [0.4, 0.5) is 0 Å². The number of hydrogen-bond donors (Lipinski definition) is 1. The lowest BCUT2D eigenvalue weighted by atomic mass is 9.95. The molecule has 1 unspecified atom stereocenters. The van der Waals surface area contributed by atoms with Gasteiger partial charge in [-0.2, -0.15) is 5.10 Å². The fraction of sp³-hybridized carbons (Fsp3) is 0.500. The topological polar surface area (TPSA) is 71.5 Å². The zero-order chi connectivity index (χ0) is 15.5. The Morgan fingerprint density at radius 3 is 3.05 bits per heavy atom. The minimum absolute atomic E-state index is 0.0812. The molecular weight excluding hydrogens is 282 g/mol. The van der Waals surface area contributed by atoms with Crippen LogP contribution in [0.15, 0.2) is 28.8 Å². The van der Waals surface area contributed by atoms with Crippen LogP contribution >= 0.6 is 0 Å². The standard InChI is InChI=1S/C16H21N3O3/c1-12-4-5-14(22-12)10-18-7-2-3-13(9-18)15-6-8-19(17-15)11-16(20)21/h4-6,8,13H,2-3,7,9-11H2,1H3,(H,20,21). The summed E-state index contributed by atoms with van der Waals surface area (Å²) in [6, 6.07) is 5.96. The Kier molecular flexibility index (Phi) is 4.29. The maximum absolute atomic E-state index is 10.7. The second kappa shape index (κ2) is 6.36. The van der Waals surface area contributed by atoms with Crippen molar-refractivity contribution in [3.8, 4) is 0 Å². The molecule has 0 amide bonds. The molecule has 1 N–H and O–H groups in total. The third-order valence-electron chi connectivity index (χ3n) is 4.06. The monoisotopic (exact) mass is 303 g/mol. The van der Waals surface area contributed by atoms with Gasteiger partial charge in [-0.15, -0.1) is 0 Å². The molecule has 3 rings (SSSR count). The molecule has 6 nitrogen and oxygen atoms in total. The first-order chi connectivity index (χ1) is 10.6. The van der Waals surface area contributed by atoms with Crippen molar-refractivity contribution >= 4 is 5.97 Å². The molecule has 0 spiro atoms. The minimum atomic E-state index is -0.867. The zero-order valence-corrected chi connectivity index (χ0v) is 12.7. The molecule has 1 aliphatic rings. The van der Waals surface area contributed by atoms with Crippen LogP contribution < -0.4 is 0 Å². The first kappa shape index (κ1) is 14.8. The van der Waals surface area contributed by atoms with Crippen molar-refractivity contribution < 1.29 is 14.3 Å². The predicted molar refractivity (Wildman–Crippen MR) is 80.6 cm³/mol. The molecule has 2 aromatic rings. The Labute approximate surface area is 129 Å². The molecule has 1 aliphatic heterocycles. The van der Waals surface area contributed by atoms with Crippen LogP contribution in [-0.4, -0.2) is 38.8 Å². The fourth-order valence-electron chi connectivity index (χ4n) is 3.05. The number of aryl methyl sites for hydroxylation is 1. The molecule has 6 heteroatoms. The van der Waals surface area contributed by atoms with Gasteiger partial charge in [0, 0.05) is 18.7 Å². The lowest BCUT2D eigenvalue weighted by molar-refractivity contribution is -0.137. The van der Waals surface area contributed by atoms with Crippen LogP contribution in [0.25, 0.3) is 0 Å². The van der Waals surface area contributed by atoms with Crippen LogP contribution in [0.1, 0.15) is 36.0 Å². The van der Waals surface area contributed by atoms with Crippen LogP contribution in [0.3, 0.4) is 0 Å². The molecule has 0 radical (unpaired) electrons. The molecule has 2 aromatic heterocycles. The van der Waals surface area contributed by atoms with Crippen molar-refractivity contribution in [2.24, 2.45) is 0 Å². The Morgan fingerprint density at radius 2 is 2.32 bits per heavy atom. The van der Waals surface area contributed by atoms with Crippen molar-refractivity contribution in [1.82, 2.24) is 14.7 Å². The van der Waals surface area contributed by atoms with E-state index in [9.17, 15) is 4.79 Å². The van der Waals surface area contributed by atoms with Gasteiger partial charge in [-0.25, -0.2) is 0 Å². The average Bonchev–Trinajstić information content (AvgIpc) is 3.08. The van der Waals surface area contributed by atoms with Gasteiger partial charge in [0.15, 0.2) is 0 Å². The summed E-state index contributed by atoms with van der Waals surface area (Å²) in [6.07, 6.45) is 3.96. The predicted octanol–water partition coefficient (Wildman–Crippen LogP) is 2.25. The van der Waals surface area contributed by atoms with E-state index in [2.05, 4.69) is 10.00 Å². The molecular formula is C16H21N3O3. The van der Waals surface area contributed by atoms with Crippen molar-refractivity contribution in [1.29, 1.82) is 0 Å². The number of aromatic nitrogens is 2. The summed E-state index contributed by atoms with van der Waals surface area (Å²) >= 11 is 0. The van der Waals surface area contributed by atoms with Crippen LogP contribution in [0, 0.1) is 6.92 Å². The van der Waals surface area contributed by atoms with E-state index in [1.54, 1.807) is 6.20 Å². The molecule has 1 atom stereocenters. The highest BCUT2D eigenvalue weighted by Gasteiger charge is 2.24. The molecule has 118 valence electrons. The molecule has 0 bridgehead atoms. The summed E-state index contributed by atoms with van der Waals surface area (Å²) in [5.74, 6) is 1.43. The van der Waals surface area contributed by atoms with Gasteiger partial charge in [-0.05, 0) is 44.5 Å². The number of likely N-dealkylation sites (tertiary alicyclic amines) is 1. The summed E-state index contributed by atoms with van der Waals surface area (Å²) < 4.78 is 7.14. The second-order valence-electron chi connectivity index (χ2n) is 5.92. The highest BCUT2D eigenvalue weighted by molar-refractivity contribution is 5.66. The summed E-state index contributed by atoms with van der Waals surface area (Å²) in [6.45, 7) is 4.69. The summed E-state index contributed by atoms with van der Waals surface area (Å²) in [4.78, 5) is 13.1. The number of nitrogens with zero attached hydrogens (tertiary/aromatic N) is 3. The lowest BCUT2D eigenvalue weighted by Gasteiger charge is -2.31. The highest BCUT2D eigenvalue weighted by atomic mass is 16.4. The normalized spacial score (nSPS) is 19.4. The van der Waals surface area contributed by atoms with Crippen molar-refractivity contribution in [3.63, 3.8) is 0 Å². The van der Waals surface area contributed by atoms with E-state index in [0.29, 0.717) is 5.92 Å². The number of carbonyl (C=O) groups is 1. The molecule has 0 saturated carbocycles. The van der Waals surface area contributed by atoms with Crippen LogP contribution in [0.2, 0.25) is 0 Å². The van der Waals surface area contributed by atoms with Crippen LogP contribution in [0.5, 0.6) is 0 Å². The summed E-state index contributed by atoms with van der Waals surface area (Å²) in [5.41, 5.74) is 0.988. The maximum Gasteiger partial charge on any atom is 0.325 e. The molecule has 22 heavy (non-hydrogen) atoms. The van der Waals surface area contributed by atoms with E-state index in [0.717, 1.165) is 49.7 Å². The van der Waals surface area contributed by atoms with E-state index in [-0.39, 0.29) is 6.54 Å². The number of carboxylic acids is 1. The quantitative estimate of drug-likeness (QED) is 0.917. The van der Waals surface area contributed by atoms with Gasteiger partial charge in [0.25, 0.3) is 0 Å². The van der Waals surface area contributed by atoms with Gasteiger partial charge in [-0.1, -0.05) is 0 Å². The third kappa shape index (κ3) is 3.57. The number of furan rings is 1. The van der Waals surface area contributed by atoms with E-state index >= 15 is 0 Å². The maximum atomic E-state index is 10.7. The SMILES string of the molecule is Cc1ccc(CN2CCCC(c3ccn(CC(=O)O)n3)C2)o1. The number of rotatable bonds is 5. The Morgan fingerprint density at radius 1 is 1.45 bits per heavy atom. The third-order valence-corrected chi connectivity index (χ3v) is 4.06. The van der Waals surface area contributed by atoms with Crippen molar-refractivity contribution in [3.05, 3.63) is 41.6 Å². The minimum Gasteiger partial charge on any atom is -0.480 e. The molecule has 0 aliphatic carbocycles. The number of piperidine rings is 1. The first-order valence-electron chi connectivity index (χ1n) is 7.63. The van der Waals surface area contributed by atoms with Gasteiger partial charge in [0.2, 0.25) is 0 Å². The van der Waals surface area contributed by atoms with Crippen LogP contribution in [-0.2, 0) is 17.9 Å². The van der Waals surface area contributed by atoms with E-state index in [4.69, 9.17) is 9.52 Å². The number of carboxylic acid groups (broad SMARTS) is 1. The van der Waals surface area contributed by atoms with E-state index < -0.39 is 5.97 Å². The molecule has 0 aromatic carbocycles. The highest BCUT2D eigenvalue weighted by Crippen LogP contribution is 2.26. The Balaban J connectivity index is 1.62. The fourth-order valence-corrected chi connectivity index (χ4v) is 3.05. The first-order valence-corrected chi connectivity index (χ1v) is 7.63. The summed E-state index contributed by atoms with van der Waals surface area (Å²) in [7, 11) is 0. The molecule has 1 saturated heterocycles. The Bertz CT molecular complexity index is 647. The van der Waals surface area contributed by atoms with E-state index in [1.165, 1.54) is 4.68 Å². The van der Waals surface area contributed by atoms with Crippen molar-refractivity contribution in [2.75, 3.05) is 13.1 Å². The Hall–Kier alpha value is -2.08. The largest absolute Gasteiger partial charge is 0.480 e. The smallest absolute Gasteiger partial charge is 0.325 e. The molecule has 1 fully saturated rings. The molecule has 3 heterocycles. The van der Waals surface area contributed by atoms with E-state index in [1.807, 2.05) is 25.1 Å². The number of aliphatic carboxylic acids is 1. The lowest BCUT2D eigenvalue weighted by Crippen LogP contribution is -2.34. The summed E-state index contributed by atoms with van der Waals surface area (Å²) in [5, 5.41) is 13.2. The van der Waals surface area contributed by atoms with Gasteiger partial charge in [-0.3, -0.25) is 14.4 Å². The average molecular weight is 303 g/mol. The van der Waals surface area contributed by atoms with Gasteiger partial charge >= 0.3 is 5.97 Å². The van der Waals surface area contributed by atoms with Gasteiger partial charge in [0.05, 0.1) is 12.2 Å². The number of hydrogen-bond acceptors (Lipinski definition) is 4. The van der Waals surface area contributed by atoms with Crippen molar-refractivity contribution in [2.45, 2.75) is 38.8 Å². The van der Waals surface area contributed by atoms with Gasteiger partial charge in [0.1, 0.15) is 18.1 Å². The zero-order valence-electron chi connectivity index (χ0n) is 12.7. The van der Waals surface area contributed by atoms with Gasteiger partial charge < -0.3 is 9.52 Å².